The van der Waals surface area contributed by atoms with Gasteiger partial charge in [-0.1, -0.05) is 6.92 Å². The summed E-state index contributed by atoms with van der Waals surface area (Å²) in [4.78, 5) is 11.9. The van der Waals surface area contributed by atoms with Crippen LogP contribution >= 0.6 is 0 Å². The summed E-state index contributed by atoms with van der Waals surface area (Å²) in [6, 6.07) is 4.34. The molecule has 0 N–H and O–H groups in total. The molecule has 0 bridgehead atoms. The lowest BCUT2D eigenvalue weighted by atomic mass is 9.89. The zero-order valence-corrected chi connectivity index (χ0v) is 10.9. The molecule has 2 rings (SSSR count). The number of halogens is 1. The first-order valence-electron chi connectivity index (χ1n) is 6.53. The van der Waals surface area contributed by atoms with E-state index < -0.39 is 0 Å². The molecule has 1 aliphatic carbocycles. The summed E-state index contributed by atoms with van der Waals surface area (Å²) in [7, 11) is 0. The SMILES string of the molecule is Cc1cc(C(=O)OC2CCC(C)CC2)ccc1F. The molecule has 0 amide bonds. The first-order chi connectivity index (χ1) is 8.56. The summed E-state index contributed by atoms with van der Waals surface area (Å²) in [5.74, 6) is 0.101. The van der Waals surface area contributed by atoms with Gasteiger partial charge in [0.15, 0.2) is 0 Å². The normalized spacial score (nSPS) is 23.7. The zero-order chi connectivity index (χ0) is 13.1. The van der Waals surface area contributed by atoms with Gasteiger partial charge in [0.05, 0.1) is 5.56 Å². The average molecular weight is 250 g/mol. The van der Waals surface area contributed by atoms with E-state index in [4.69, 9.17) is 4.74 Å². The lowest BCUT2D eigenvalue weighted by Gasteiger charge is -2.26. The minimum absolute atomic E-state index is 0.0269. The molecule has 1 aromatic rings. The van der Waals surface area contributed by atoms with E-state index >= 15 is 0 Å². The van der Waals surface area contributed by atoms with E-state index in [1.165, 1.54) is 12.1 Å². The van der Waals surface area contributed by atoms with Gasteiger partial charge >= 0.3 is 5.97 Å². The molecule has 0 aromatic heterocycles. The summed E-state index contributed by atoms with van der Waals surface area (Å²) in [6.45, 7) is 3.87. The first kappa shape index (κ1) is 13.1. The monoisotopic (exact) mass is 250 g/mol. The zero-order valence-electron chi connectivity index (χ0n) is 10.9. The number of hydrogen-bond donors (Lipinski definition) is 0. The number of esters is 1. The summed E-state index contributed by atoms with van der Waals surface area (Å²) >= 11 is 0. The van der Waals surface area contributed by atoms with Crippen molar-refractivity contribution in [3.63, 3.8) is 0 Å². The van der Waals surface area contributed by atoms with Crippen molar-refractivity contribution in [3.05, 3.63) is 35.1 Å². The Morgan fingerprint density at radius 3 is 2.56 bits per heavy atom. The van der Waals surface area contributed by atoms with Gasteiger partial charge in [-0.2, -0.15) is 0 Å². The van der Waals surface area contributed by atoms with Crippen LogP contribution in [0, 0.1) is 18.7 Å². The van der Waals surface area contributed by atoms with Crippen LogP contribution in [0.1, 0.15) is 48.5 Å². The third-order valence-corrected chi connectivity index (χ3v) is 3.63. The highest BCUT2D eigenvalue weighted by molar-refractivity contribution is 5.89. The highest BCUT2D eigenvalue weighted by Gasteiger charge is 2.22. The summed E-state index contributed by atoms with van der Waals surface area (Å²) in [5, 5.41) is 0. The highest BCUT2D eigenvalue weighted by atomic mass is 19.1. The quantitative estimate of drug-likeness (QED) is 0.745. The van der Waals surface area contributed by atoms with Gasteiger partial charge in [-0.05, 0) is 62.3 Å². The van der Waals surface area contributed by atoms with E-state index in [9.17, 15) is 9.18 Å². The Balaban J connectivity index is 1.97. The van der Waals surface area contributed by atoms with Crippen molar-refractivity contribution >= 4 is 5.97 Å². The Labute approximate surface area is 107 Å². The molecule has 1 aromatic carbocycles. The molecule has 18 heavy (non-hydrogen) atoms. The fraction of sp³-hybridized carbons (Fsp3) is 0.533. The standard InChI is InChI=1S/C15H19FO2/c1-10-3-6-13(7-4-10)18-15(17)12-5-8-14(16)11(2)9-12/h5,8-10,13H,3-4,6-7H2,1-2H3. The van der Waals surface area contributed by atoms with Crippen molar-refractivity contribution in [1.29, 1.82) is 0 Å². The van der Waals surface area contributed by atoms with Crippen molar-refractivity contribution in [2.75, 3.05) is 0 Å². The Hall–Kier alpha value is -1.38. The van der Waals surface area contributed by atoms with Gasteiger partial charge in [-0.25, -0.2) is 9.18 Å². The van der Waals surface area contributed by atoms with Crippen LogP contribution < -0.4 is 0 Å². The largest absolute Gasteiger partial charge is 0.459 e. The molecule has 2 nitrogen and oxygen atoms in total. The van der Waals surface area contributed by atoms with Gasteiger partial charge in [0.2, 0.25) is 0 Å². The van der Waals surface area contributed by atoms with E-state index in [0.717, 1.165) is 31.6 Å². The van der Waals surface area contributed by atoms with Gasteiger partial charge in [-0.15, -0.1) is 0 Å². The van der Waals surface area contributed by atoms with E-state index in [-0.39, 0.29) is 17.9 Å². The lowest BCUT2D eigenvalue weighted by Crippen LogP contribution is -2.23. The van der Waals surface area contributed by atoms with Crippen molar-refractivity contribution in [2.45, 2.75) is 45.6 Å². The van der Waals surface area contributed by atoms with Crippen molar-refractivity contribution in [3.8, 4) is 0 Å². The van der Waals surface area contributed by atoms with Gasteiger partial charge in [0.25, 0.3) is 0 Å². The van der Waals surface area contributed by atoms with Crippen LogP contribution in [0.25, 0.3) is 0 Å². The van der Waals surface area contributed by atoms with Gasteiger partial charge in [0, 0.05) is 0 Å². The summed E-state index contributed by atoms with van der Waals surface area (Å²) in [6.07, 6.45) is 4.13. The van der Waals surface area contributed by atoms with Crippen LogP contribution in [0.2, 0.25) is 0 Å². The highest BCUT2D eigenvalue weighted by Crippen LogP contribution is 2.26. The fourth-order valence-corrected chi connectivity index (χ4v) is 2.34. The van der Waals surface area contributed by atoms with Gasteiger partial charge < -0.3 is 4.74 Å². The molecule has 0 heterocycles. The molecule has 1 fully saturated rings. The Kier molecular flexibility index (Phi) is 4.00. The number of carbonyl (C=O) groups excluding carboxylic acids is 1. The van der Waals surface area contributed by atoms with Crippen molar-refractivity contribution < 1.29 is 13.9 Å². The molecule has 0 unspecified atom stereocenters. The minimum atomic E-state index is -0.336. The maximum Gasteiger partial charge on any atom is 0.338 e. The van der Waals surface area contributed by atoms with Crippen LogP contribution in [0.15, 0.2) is 18.2 Å². The summed E-state index contributed by atoms with van der Waals surface area (Å²) in [5.41, 5.74) is 0.911. The van der Waals surface area contributed by atoms with Crippen LogP contribution in [-0.4, -0.2) is 12.1 Å². The van der Waals surface area contributed by atoms with Crippen LogP contribution in [0.4, 0.5) is 4.39 Å². The van der Waals surface area contributed by atoms with Crippen LogP contribution in [0.3, 0.4) is 0 Å². The number of aryl methyl sites for hydroxylation is 1. The van der Waals surface area contributed by atoms with E-state index in [1.807, 2.05) is 0 Å². The second kappa shape index (κ2) is 5.51. The Morgan fingerprint density at radius 2 is 1.94 bits per heavy atom. The predicted molar refractivity (Wildman–Crippen MR) is 68.0 cm³/mol. The molecule has 0 atom stereocenters. The van der Waals surface area contributed by atoms with Gasteiger partial charge in [0.1, 0.15) is 11.9 Å². The molecule has 1 saturated carbocycles. The molecular formula is C15H19FO2. The average Bonchev–Trinajstić information content (AvgIpc) is 2.35. The van der Waals surface area contributed by atoms with E-state index in [1.54, 1.807) is 13.0 Å². The lowest BCUT2D eigenvalue weighted by molar-refractivity contribution is 0.0173. The predicted octanol–water partition coefficient (Wildman–Crippen LogP) is 3.87. The van der Waals surface area contributed by atoms with Crippen molar-refractivity contribution in [2.24, 2.45) is 5.92 Å². The minimum Gasteiger partial charge on any atom is -0.459 e. The number of benzene rings is 1. The third-order valence-electron chi connectivity index (χ3n) is 3.63. The number of rotatable bonds is 2. The number of ether oxygens (including phenoxy) is 1. The second-order valence-electron chi connectivity index (χ2n) is 5.25. The molecule has 1 aliphatic rings. The fourth-order valence-electron chi connectivity index (χ4n) is 2.34. The Bertz CT molecular complexity index is 434. The smallest absolute Gasteiger partial charge is 0.338 e. The van der Waals surface area contributed by atoms with E-state index in [2.05, 4.69) is 6.92 Å². The topological polar surface area (TPSA) is 26.3 Å². The maximum atomic E-state index is 13.1. The molecule has 0 aliphatic heterocycles. The first-order valence-corrected chi connectivity index (χ1v) is 6.53. The van der Waals surface area contributed by atoms with Crippen LogP contribution in [-0.2, 0) is 4.74 Å². The summed E-state index contributed by atoms with van der Waals surface area (Å²) < 4.78 is 18.6. The van der Waals surface area contributed by atoms with Crippen molar-refractivity contribution in [1.82, 2.24) is 0 Å². The number of hydrogen-bond acceptors (Lipinski definition) is 2. The Morgan fingerprint density at radius 1 is 1.28 bits per heavy atom. The third kappa shape index (κ3) is 3.09. The second-order valence-corrected chi connectivity index (χ2v) is 5.25. The van der Waals surface area contributed by atoms with E-state index in [0.29, 0.717) is 11.1 Å². The molecular weight excluding hydrogens is 231 g/mol. The molecule has 98 valence electrons. The number of carbonyl (C=O) groups is 1. The van der Waals surface area contributed by atoms with Gasteiger partial charge in [-0.3, -0.25) is 0 Å². The van der Waals surface area contributed by atoms with Crippen LogP contribution in [0.5, 0.6) is 0 Å². The maximum absolute atomic E-state index is 13.1. The molecule has 0 saturated heterocycles. The molecule has 0 spiro atoms. The molecule has 3 heteroatoms. The molecule has 0 radical (unpaired) electrons.